The molecule has 0 radical (unpaired) electrons. The maximum Gasteiger partial charge on any atom is 0.0367 e. The lowest BCUT2D eigenvalue weighted by Crippen LogP contribution is -2.20. The molecule has 0 amide bonds. The van der Waals surface area contributed by atoms with Crippen LogP contribution in [0.2, 0.25) is 0 Å². The Kier molecular flexibility index (Phi) is 3.57. The first-order chi connectivity index (χ1) is 5.33. The van der Waals surface area contributed by atoms with Crippen molar-refractivity contribution in [3.8, 4) is 0 Å². The van der Waals surface area contributed by atoms with Gasteiger partial charge in [0.05, 0.1) is 0 Å². The summed E-state index contributed by atoms with van der Waals surface area (Å²) in [7, 11) is 0. The molecule has 0 atom stereocenters. The maximum absolute atomic E-state index is 4.24. The number of nitrogens with zero attached hydrogens (tertiary/aromatic N) is 1. The van der Waals surface area contributed by atoms with Crippen LogP contribution in [0.1, 0.15) is 19.8 Å². The Balaban J connectivity index is 2.25. The third-order valence-corrected chi connectivity index (χ3v) is 2.12. The summed E-state index contributed by atoms with van der Waals surface area (Å²) >= 11 is 4.24. The summed E-state index contributed by atoms with van der Waals surface area (Å²) in [6.45, 7) is 4.41. The van der Waals surface area contributed by atoms with Crippen molar-refractivity contribution < 1.29 is 0 Å². The van der Waals surface area contributed by atoms with Crippen molar-refractivity contribution in [2.24, 2.45) is 0 Å². The van der Waals surface area contributed by atoms with E-state index in [4.69, 9.17) is 0 Å². The van der Waals surface area contributed by atoms with Crippen LogP contribution in [0.15, 0.2) is 23.3 Å². The van der Waals surface area contributed by atoms with E-state index in [1.54, 1.807) is 0 Å². The highest BCUT2D eigenvalue weighted by Crippen LogP contribution is 2.10. The molecule has 1 aliphatic heterocycles. The molecule has 1 heterocycles. The molecule has 0 unspecified atom stereocenters. The van der Waals surface area contributed by atoms with Crippen LogP contribution in [0.3, 0.4) is 0 Å². The van der Waals surface area contributed by atoms with Gasteiger partial charge >= 0.3 is 0 Å². The van der Waals surface area contributed by atoms with Gasteiger partial charge in [-0.2, -0.15) is 0 Å². The van der Waals surface area contributed by atoms with E-state index in [0.29, 0.717) is 0 Å². The molecule has 0 fully saturated rings. The Morgan fingerprint density at radius 2 is 2.45 bits per heavy atom. The molecule has 0 saturated carbocycles. The molecule has 0 bridgehead atoms. The van der Waals surface area contributed by atoms with Crippen molar-refractivity contribution in [1.82, 2.24) is 4.90 Å². The Labute approximate surface area is 74.2 Å². The molecule has 0 aliphatic carbocycles. The molecule has 62 valence electrons. The summed E-state index contributed by atoms with van der Waals surface area (Å²) in [5.41, 5.74) is 0. The Morgan fingerprint density at radius 1 is 1.64 bits per heavy atom. The molecule has 0 N–H and O–H groups in total. The predicted molar refractivity (Wildman–Crippen MR) is 52.7 cm³/mol. The minimum Gasteiger partial charge on any atom is -0.374 e. The zero-order chi connectivity index (χ0) is 8.10. The van der Waals surface area contributed by atoms with Crippen molar-refractivity contribution in [3.63, 3.8) is 0 Å². The quantitative estimate of drug-likeness (QED) is 0.635. The lowest BCUT2D eigenvalue weighted by atomic mass is 10.3. The van der Waals surface area contributed by atoms with E-state index in [-0.39, 0.29) is 0 Å². The van der Waals surface area contributed by atoms with Crippen molar-refractivity contribution >= 4 is 12.6 Å². The third kappa shape index (κ3) is 3.02. The zero-order valence-corrected chi connectivity index (χ0v) is 7.85. The molecular formula is C9H15NS. The number of thiol groups is 1. The highest BCUT2D eigenvalue weighted by Gasteiger charge is 2.00. The van der Waals surface area contributed by atoms with E-state index in [2.05, 4.69) is 36.7 Å². The van der Waals surface area contributed by atoms with Crippen molar-refractivity contribution in [2.75, 3.05) is 13.1 Å². The van der Waals surface area contributed by atoms with Crippen LogP contribution < -0.4 is 0 Å². The van der Waals surface area contributed by atoms with Gasteiger partial charge in [0, 0.05) is 24.2 Å². The number of hydrogen-bond acceptors (Lipinski definition) is 2. The topological polar surface area (TPSA) is 3.24 Å². The number of allylic oxidation sites excluding steroid dienone is 1. The van der Waals surface area contributed by atoms with Gasteiger partial charge in [-0.3, -0.25) is 0 Å². The Morgan fingerprint density at radius 3 is 3.00 bits per heavy atom. The van der Waals surface area contributed by atoms with E-state index in [1.165, 1.54) is 19.4 Å². The first-order valence-corrected chi connectivity index (χ1v) is 4.59. The SMILES string of the molecule is CCCCN1C=CC(S)=CC1. The molecule has 2 heteroatoms. The fourth-order valence-electron chi connectivity index (χ4n) is 1.05. The van der Waals surface area contributed by atoms with Crippen LogP contribution in [0, 0.1) is 0 Å². The molecule has 0 spiro atoms. The van der Waals surface area contributed by atoms with Crippen LogP contribution >= 0.6 is 12.6 Å². The summed E-state index contributed by atoms with van der Waals surface area (Å²) in [4.78, 5) is 3.39. The van der Waals surface area contributed by atoms with Gasteiger partial charge in [0.1, 0.15) is 0 Å². The van der Waals surface area contributed by atoms with Gasteiger partial charge in [-0.15, -0.1) is 12.6 Å². The van der Waals surface area contributed by atoms with Gasteiger partial charge in [-0.1, -0.05) is 19.4 Å². The van der Waals surface area contributed by atoms with Crippen LogP contribution in [0.25, 0.3) is 0 Å². The molecule has 1 aliphatic rings. The smallest absolute Gasteiger partial charge is 0.0367 e. The third-order valence-electron chi connectivity index (χ3n) is 1.79. The summed E-state index contributed by atoms with van der Waals surface area (Å²) in [5, 5.41) is 0. The maximum atomic E-state index is 4.24. The van der Waals surface area contributed by atoms with E-state index >= 15 is 0 Å². The summed E-state index contributed by atoms with van der Waals surface area (Å²) < 4.78 is 0. The van der Waals surface area contributed by atoms with Crippen molar-refractivity contribution in [1.29, 1.82) is 0 Å². The monoisotopic (exact) mass is 169 g/mol. The van der Waals surface area contributed by atoms with E-state index in [0.717, 1.165) is 11.4 Å². The second kappa shape index (κ2) is 4.50. The minimum atomic E-state index is 1.02. The van der Waals surface area contributed by atoms with Gasteiger partial charge in [-0.05, 0) is 12.5 Å². The summed E-state index contributed by atoms with van der Waals surface area (Å²) in [6.07, 6.45) is 8.85. The average Bonchev–Trinajstić information content (AvgIpc) is 2.04. The Hall–Kier alpha value is -0.370. The number of hydrogen-bond donors (Lipinski definition) is 1. The minimum absolute atomic E-state index is 1.02. The lowest BCUT2D eigenvalue weighted by Gasteiger charge is -2.20. The fraction of sp³-hybridized carbons (Fsp3) is 0.556. The standard InChI is InChI=1S/C9H15NS/c1-2-3-6-10-7-4-9(11)5-8-10/h4-5,7,11H,2-3,6,8H2,1H3. The Bertz CT molecular complexity index is 172. The molecule has 1 nitrogen and oxygen atoms in total. The van der Waals surface area contributed by atoms with Gasteiger partial charge < -0.3 is 4.90 Å². The second-order valence-electron chi connectivity index (χ2n) is 2.79. The highest BCUT2D eigenvalue weighted by molar-refractivity contribution is 7.84. The normalized spacial score (nSPS) is 16.9. The largest absolute Gasteiger partial charge is 0.374 e. The van der Waals surface area contributed by atoms with Gasteiger partial charge in [0.2, 0.25) is 0 Å². The molecule has 11 heavy (non-hydrogen) atoms. The van der Waals surface area contributed by atoms with Gasteiger partial charge in [-0.25, -0.2) is 0 Å². The van der Waals surface area contributed by atoms with E-state index in [1.807, 2.05) is 6.08 Å². The number of unbranched alkanes of at least 4 members (excludes halogenated alkanes) is 1. The first-order valence-electron chi connectivity index (χ1n) is 4.14. The molecular weight excluding hydrogens is 154 g/mol. The van der Waals surface area contributed by atoms with E-state index < -0.39 is 0 Å². The summed E-state index contributed by atoms with van der Waals surface area (Å²) in [6, 6.07) is 0. The van der Waals surface area contributed by atoms with Crippen molar-refractivity contribution in [3.05, 3.63) is 23.3 Å². The van der Waals surface area contributed by atoms with Gasteiger partial charge in [0.15, 0.2) is 0 Å². The predicted octanol–water partition coefficient (Wildman–Crippen LogP) is 2.43. The zero-order valence-electron chi connectivity index (χ0n) is 6.95. The van der Waals surface area contributed by atoms with Crippen LogP contribution in [0.5, 0.6) is 0 Å². The highest BCUT2D eigenvalue weighted by atomic mass is 32.1. The lowest BCUT2D eigenvalue weighted by molar-refractivity contribution is 0.400. The molecule has 0 aromatic carbocycles. The van der Waals surface area contributed by atoms with E-state index in [9.17, 15) is 0 Å². The first kappa shape index (κ1) is 8.72. The van der Waals surface area contributed by atoms with Crippen molar-refractivity contribution in [2.45, 2.75) is 19.8 Å². The number of rotatable bonds is 3. The second-order valence-corrected chi connectivity index (χ2v) is 3.31. The average molecular weight is 169 g/mol. The molecule has 0 saturated heterocycles. The molecule has 0 aromatic rings. The van der Waals surface area contributed by atoms with Crippen LogP contribution in [0.4, 0.5) is 0 Å². The van der Waals surface area contributed by atoms with Gasteiger partial charge in [0.25, 0.3) is 0 Å². The fourth-order valence-corrected chi connectivity index (χ4v) is 1.20. The summed E-state index contributed by atoms with van der Waals surface area (Å²) in [5.74, 6) is 0. The molecule has 0 aromatic heterocycles. The van der Waals surface area contributed by atoms with Crippen LogP contribution in [-0.2, 0) is 0 Å². The van der Waals surface area contributed by atoms with Crippen LogP contribution in [-0.4, -0.2) is 18.0 Å². The molecule has 1 rings (SSSR count).